The first-order valence-corrected chi connectivity index (χ1v) is 7.47. The van der Waals surface area contributed by atoms with Gasteiger partial charge in [0.1, 0.15) is 5.75 Å². The Bertz CT molecular complexity index is 486. The van der Waals surface area contributed by atoms with E-state index in [1.807, 2.05) is 24.3 Å². The molecule has 0 heterocycles. The summed E-state index contributed by atoms with van der Waals surface area (Å²) in [7, 11) is 1.65. The summed E-state index contributed by atoms with van der Waals surface area (Å²) in [5.41, 5.74) is 0.907. The number of nitrogens with one attached hydrogen (secondary N) is 1. The molecule has 0 saturated heterocycles. The van der Waals surface area contributed by atoms with Crippen LogP contribution in [0, 0.1) is 17.8 Å². The van der Waals surface area contributed by atoms with E-state index in [1.165, 1.54) is 12.8 Å². The number of methoxy groups -OCH3 is 1. The van der Waals surface area contributed by atoms with Gasteiger partial charge in [-0.15, -0.1) is 0 Å². The highest BCUT2D eigenvalue weighted by Crippen LogP contribution is 2.42. The van der Waals surface area contributed by atoms with E-state index < -0.39 is 6.10 Å². The van der Waals surface area contributed by atoms with Crippen LogP contribution in [-0.2, 0) is 0 Å². The van der Waals surface area contributed by atoms with Crippen LogP contribution in [0.25, 0.3) is 0 Å². The first-order valence-electron chi connectivity index (χ1n) is 7.47. The van der Waals surface area contributed by atoms with Gasteiger partial charge < -0.3 is 15.2 Å². The van der Waals surface area contributed by atoms with Crippen molar-refractivity contribution in [3.63, 3.8) is 0 Å². The highest BCUT2D eigenvalue weighted by Gasteiger charge is 2.35. The summed E-state index contributed by atoms with van der Waals surface area (Å²) in [5, 5.41) is 13.6. The topological polar surface area (TPSA) is 41.5 Å². The Morgan fingerprint density at radius 3 is 2.95 bits per heavy atom. The summed E-state index contributed by atoms with van der Waals surface area (Å²) in [6.45, 7) is 1.61. The molecule has 2 aliphatic rings. The molecule has 0 aliphatic heterocycles. The normalized spacial score (nSPS) is 28.8. The van der Waals surface area contributed by atoms with Gasteiger partial charge in [0.15, 0.2) is 0 Å². The van der Waals surface area contributed by atoms with Crippen LogP contribution >= 0.6 is 0 Å². The lowest BCUT2D eigenvalue weighted by atomic mass is 9.93. The number of hydrogen-bond acceptors (Lipinski definition) is 3. The Morgan fingerprint density at radius 2 is 2.25 bits per heavy atom. The van der Waals surface area contributed by atoms with Crippen LogP contribution in [-0.4, -0.2) is 25.3 Å². The minimum Gasteiger partial charge on any atom is -0.497 e. The van der Waals surface area contributed by atoms with E-state index in [4.69, 9.17) is 4.74 Å². The van der Waals surface area contributed by atoms with Crippen molar-refractivity contribution in [3.05, 3.63) is 42.0 Å². The first-order chi connectivity index (χ1) is 9.76. The van der Waals surface area contributed by atoms with Crippen LogP contribution in [0.4, 0.5) is 0 Å². The zero-order valence-electron chi connectivity index (χ0n) is 12.0. The van der Waals surface area contributed by atoms with E-state index in [0.29, 0.717) is 6.54 Å². The zero-order chi connectivity index (χ0) is 13.9. The second kappa shape index (κ2) is 5.98. The van der Waals surface area contributed by atoms with Crippen molar-refractivity contribution < 1.29 is 9.84 Å². The van der Waals surface area contributed by atoms with Crippen molar-refractivity contribution in [2.75, 3.05) is 20.2 Å². The molecule has 1 aromatic carbocycles. The predicted molar refractivity (Wildman–Crippen MR) is 79.7 cm³/mol. The minimum absolute atomic E-state index is 0.473. The number of allylic oxidation sites excluding steroid dienone is 2. The van der Waals surface area contributed by atoms with Crippen molar-refractivity contribution >= 4 is 0 Å². The molecule has 4 atom stereocenters. The molecular formula is C17H23NO2. The fraction of sp³-hybridized carbons (Fsp3) is 0.529. The van der Waals surface area contributed by atoms with E-state index in [2.05, 4.69) is 17.5 Å². The average Bonchev–Trinajstić information content (AvgIpc) is 3.10. The fourth-order valence-corrected chi connectivity index (χ4v) is 3.50. The van der Waals surface area contributed by atoms with Crippen molar-refractivity contribution in [3.8, 4) is 5.75 Å². The van der Waals surface area contributed by atoms with Gasteiger partial charge in [0.25, 0.3) is 0 Å². The number of hydrogen-bond donors (Lipinski definition) is 2. The summed E-state index contributed by atoms with van der Waals surface area (Å²) >= 11 is 0. The Morgan fingerprint density at radius 1 is 1.35 bits per heavy atom. The smallest absolute Gasteiger partial charge is 0.119 e. The number of benzene rings is 1. The van der Waals surface area contributed by atoms with E-state index in [0.717, 1.165) is 35.6 Å². The van der Waals surface area contributed by atoms with Gasteiger partial charge in [0, 0.05) is 6.54 Å². The summed E-state index contributed by atoms with van der Waals surface area (Å²) in [6.07, 6.45) is 6.92. The maximum Gasteiger partial charge on any atom is 0.119 e. The molecule has 3 heteroatoms. The number of aliphatic hydroxyl groups is 1. The monoisotopic (exact) mass is 273 g/mol. The Kier molecular flexibility index (Phi) is 4.08. The summed E-state index contributed by atoms with van der Waals surface area (Å²) < 4.78 is 5.19. The summed E-state index contributed by atoms with van der Waals surface area (Å²) in [6, 6.07) is 7.64. The SMILES string of the molecule is COc1cccc([C@H](O)CNC[C@@H]2C[C@H]3C=C[C@H]2C3)c1. The molecule has 0 spiro atoms. The molecular weight excluding hydrogens is 250 g/mol. The molecule has 0 aromatic heterocycles. The van der Waals surface area contributed by atoms with Gasteiger partial charge in [0.2, 0.25) is 0 Å². The quantitative estimate of drug-likeness (QED) is 0.783. The molecule has 0 amide bonds. The Balaban J connectivity index is 1.47. The first kappa shape index (κ1) is 13.7. The molecule has 1 saturated carbocycles. The van der Waals surface area contributed by atoms with E-state index in [9.17, 15) is 5.11 Å². The van der Waals surface area contributed by atoms with Crippen LogP contribution in [0.5, 0.6) is 5.75 Å². The molecule has 3 nitrogen and oxygen atoms in total. The Labute approximate surface area is 120 Å². The standard InChI is InChI=1S/C17H23NO2/c1-20-16-4-2-3-14(9-16)17(19)11-18-10-15-8-12-5-6-13(15)7-12/h2-6,9,12-13,15,17-19H,7-8,10-11H2,1H3/t12-,13-,15-,17+/m0/s1. The molecule has 20 heavy (non-hydrogen) atoms. The lowest BCUT2D eigenvalue weighted by Crippen LogP contribution is -2.29. The van der Waals surface area contributed by atoms with Gasteiger partial charge >= 0.3 is 0 Å². The summed E-state index contributed by atoms with van der Waals surface area (Å²) in [5.74, 6) is 3.12. The summed E-state index contributed by atoms with van der Waals surface area (Å²) in [4.78, 5) is 0. The van der Waals surface area contributed by atoms with Gasteiger partial charge in [-0.2, -0.15) is 0 Å². The van der Waals surface area contributed by atoms with Crippen molar-refractivity contribution in [1.82, 2.24) is 5.32 Å². The third-order valence-corrected chi connectivity index (χ3v) is 4.64. The number of fused-ring (bicyclic) bond motifs is 2. The predicted octanol–water partition coefficient (Wildman–Crippen LogP) is 2.53. The molecule has 2 aliphatic carbocycles. The number of rotatable bonds is 6. The van der Waals surface area contributed by atoms with Crippen LogP contribution in [0.15, 0.2) is 36.4 Å². The zero-order valence-corrected chi connectivity index (χ0v) is 12.0. The second-order valence-corrected chi connectivity index (χ2v) is 5.99. The highest BCUT2D eigenvalue weighted by molar-refractivity contribution is 5.29. The van der Waals surface area contributed by atoms with Crippen LogP contribution < -0.4 is 10.1 Å². The van der Waals surface area contributed by atoms with Gasteiger partial charge in [-0.25, -0.2) is 0 Å². The maximum absolute atomic E-state index is 10.2. The molecule has 108 valence electrons. The van der Waals surface area contributed by atoms with E-state index >= 15 is 0 Å². The molecule has 0 radical (unpaired) electrons. The Hall–Kier alpha value is -1.32. The number of ether oxygens (including phenoxy) is 1. The molecule has 2 bridgehead atoms. The lowest BCUT2D eigenvalue weighted by molar-refractivity contribution is 0.171. The maximum atomic E-state index is 10.2. The lowest BCUT2D eigenvalue weighted by Gasteiger charge is -2.20. The third-order valence-electron chi connectivity index (χ3n) is 4.64. The fourth-order valence-electron chi connectivity index (χ4n) is 3.50. The highest BCUT2D eigenvalue weighted by atomic mass is 16.5. The van der Waals surface area contributed by atoms with E-state index in [1.54, 1.807) is 7.11 Å². The molecule has 1 fully saturated rings. The minimum atomic E-state index is -0.473. The van der Waals surface area contributed by atoms with Gasteiger partial charge in [0.05, 0.1) is 13.2 Å². The molecule has 0 unspecified atom stereocenters. The largest absolute Gasteiger partial charge is 0.497 e. The third kappa shape index (κ3) is 2.89. The van der Waals surface area contributed by atoms with Crippen molar-refractivity contribution in [2.45, 2.75) is 18.9 Å². The van der Waals surface area contributed by atoms with Crippen LogP contribution in [0.1, 0.15) is 24.5 Å². The van der Waals surface area contributed by atoms with Gasteiger partial charge in [-0.05, 0) is 54.8 Å². The van der Waals surface area contributed by atoms with Crippen LogP contribution in [0.3, 0.4) is 0 Å². The van der Waals surface area contributed by atoms with Gasteiger partial charge in [-0.3, -0.25) is 0 Å². The van der Waals surface area contributed by atoms with Crippen LogP contribution in [0.2, 0.25) is 0 Å². The molecule has 3 rings (SSSR count). The second-order valence-electron chi connectivity index (χ2n) is 5.99. The number of aliphatic hydroxyl groups excluding tert-OH is 1. The van der Waals surface area contributed by atoms with Crippen molar-refractivity contribution in [2.24, 2.45) is 17.8 Å². The van der Waals surface area contributed by atoms with Crippen molar-refractivity contribution in [1.29, 1.82) is 0 Å². The molecule has 1 aromatic rings. The van der Waals surface area contributed by atoms with E-state index in [-0.39, 0.29) is 0 Å². The van der Waals surface area contributed by atoms with Gasteiger partial charge in [-0.1, -0.05) is 24.3 Å². The molecule has 2 N–H and O–H groups in total. The average molecular weight is 273 g/mol.